The van der Waals surface area contributed by atoms with Gasteiger partial charge in [0.05, 0.1) is 25.3 Å². The van der Waals surface area contributed by atoms with E-state index < -0.39 is 11.9 Å². The highest BCUT2D eigenvalue weighted by atomic mass is 16.5. The number of benzene rings is 1. The zero-order chi connectivity index (χ0) is 15.8. The van der Waals surface area contributed by atoms with Gasteiger partial charge in [0.2, 0.25) is 0 Å². The fourth-order valence-corrected chi connectivity index (χ4v) is 1.43. The Balaban J connectivity index is 3.23. The van der Waals surface area contributed by atoms with Gasteiger partial charge < -0.3 is 14.8 Å². The third kappa shape index (κ3) is 4.08. The first kappa shape index (κ1) is 15.7. The molecule has 0 saturated carbocycles. The number of carbonyl (C=O) groups excluding carboxylic acids is 2. The molecular weight excluding hydrogens is 274 g/mol. The molecule has 0 aliphatic carbocycles. The third-order valence-corrected chi connectivity index (χ3v) is 2.40. The van der Waals surface area contributed by atoms with E-state index >= 15 is 0 Å². The second-order valence-corrected chi connectivity index (χ2v) is 3.71. The largest absolute Gasteiger partial charge is 0.465 e. The number of hydrogen-bond donors (Lipinski definition) is 1. The van der Waals surface area contributed by atoms with Crippen molar-refractivity contribution in [1.82, 2.24) is 0 Å². The topological polar surface area (TPSA) is 112 Å². The molecule has 0 radical (unpaired) electrons. The highest BCUT2D eigenvalue weighted by molar-refractivity contribution is 5.97. The summed E-state index contributed by atoms with van der Waals surface area (Å²) in [6.45, 7) is 0. The molecule has 106 valence electrons. The SMILES string of the molecule is COC(=O)c1cc(NC=C(C#N)C#N)cc(C(=O)OC)c1. The van der Waals surface area contributed by atoms with Gasteiger partial charge in [-0.2, -0.15) is 10.5 Å². The first-order valence-electron chi connectivity index (χ1n) is 5.64. The molecule has 1 aromatic carbocycles. The minimum atomic E-state index is -0.631. The summed E-state index contributed by atoms with van der Waals surface area (Å²) in [6.07, 6.45) is 1.16. The molecule has 0 atom stereocenters. The average molecular weight is 285 g/mol. The zero-order valence-corrected chi connectivity index (χ0v) is 11.3. The summed E-state index contributed by atoms with van der Waals surface area (Å²) < 4.78 is 9.18. The van der Waals surface area contributed by atoms with Crippen LogP contribution >= 0.6 is 0 Å². The first-order chi connectivity index (χ1) is 10.0. The van der Waals surface area contributed by atoms with Gasteiger partial charge in [-0.1, -0.05) is 0 Å². The van der Waals surface area contributed by atoms with Crippen LogP contribution in [0.5, 0.6) is 0 Å². The van der Waals surface area contributed by atoms with E-state index in [2.05, 4.69) is 14.8 Å². The van der Waals surface area contributed by atoms with Crippen LogP contribution in [-0.4, -0.2) is 26.2 Å². The van der Waals surface area contributed by atoms with Gasteiger partial charge in [0.15, 0.2) is 0 Å². The molecule has 1 rings (SSSR count). The number of anilines is 1. The Labute approximate surface area is 121 Å². The van der Waals surface area contributed by atoms with Crippen LogP contribution in [0, 0.1) is 22.7 Å². The lowest BCUT2D eigenvalue weighted by Gasteiger charge is -2.07. The van der Waals surface area contributed by atoms with Crippen LogP contribution in [0.15, 0.2) is 30.0 Å². The van der Waals surface area contributed by atoms with Crippen molar-refractivity contribution in [2.24, 2.45) is 0 Å². The van der Waals surface area contributed by atoms with Gasteiger partial charge in [-0.15, -0.1) is 0 Å². The van der Waals surface area contributed by atoms with Crippen molar-refractivity contribution in [3.63, 3.8) is 0 Å². The standard InChI is InChI=1S/C14H11N3O4/c1-20-13(18)10-3-11(14(19)21-2)5-12(4-10)17-8-9(6-15)7-16/h3-5,8,17H,1-2H3. The molecular formula is C14H11N3O4. The van der Waals surface area contributed by atoms with Crippen LogP contribution in [0.2, 0.25) is 0 Å². The first-order valence-corrected chi connectivity index (χ1v) is 5.64. The van der Waals surface area contributed by atoms with E-state index in [4.69, 9.17) is 10.5 Å². The Morgan fingerprint density at radius 3 is 1.90 bits per heavy atom. The molecule has 0 saturated heterocycles. The van der Waals surface area contributed by atoms with E-state index in [-0.39, 0.29) is 16.7 Å². The number of carbonyl (C=O) groups is 2. The summed E-state index contributed by atoms with van der Waals surface area (Å²) in [6, 6.07) is 7.50. The molecule has 7 nitrogen and oxygen atoms in total. The number of esters is 2. The van der Waals surface area contributed by atoms with Crippen LogP contribution in [0.1, 0.15) is 20.7 Å². The number of nitrogens with one attached hydrogen (secondary N) is 1. The smallest absolute Gasteiger partial charge is 0.337 e. The van der Waals surface area contributed by atoms with E-state index in [1.165, 1.54) is 32.4 Å². The van der Waals surface area contributed by atoms with Crippen LogP contribution in [-0.2, 0) is 9.47 Å². The predicted octanol–water partition coefficient (Wildman–Crippen LogP) is 1.60. The summed E-state index contributed by atoms with van der Waals surface area (Å²) in [4.78, 5) is 23.1. The molecule has 0 heterocycles. The predicted molar refractivity (Wildman–Crippen MR) is 72.1 cm³/mol. The van der Waals surface area contributed by atoms with Crippen LogP contribution in [0.25, 0.3) is 0 Å². The third-order valence-electron chi connectivity index (χ3n) is 2.40. The molecule has 0 fully saturated rings. The molecule has 0 amide bonds. The van der Waals surface area contributed by atoms with Gasteiger partial charge in [-0.25, -0.2) is 9.59 Å². The van der Waals surface area contributed by atoms with E-state index in [9.17, 15) is 9.59 Å². The van der Waals surface area contributed by atoms with Crippen molar-refractivity contribution in [2.75, 3.05) is 19.5 Å². The maximum absolute atomic E-state index is 11.6. The van der Waals surface area contributed by atoms with Crippen molar-refractivity contribution in [1.29, 1.82) is 10.5 Å². The lowest BCUT2D eigenvalue weighted by molar-refractivity contribution is 0.0599. The molecule has 0 aliphatic rings. The molecule has 0 aliphatic heterocycles. The second kappa shape index (κ2) is 7.31. The molecule has 7 heteroatoms. The lowest BCUT2D eigenvalue weighted by atomic mass is 10.1. The van der Waals surface area contributed by atoms with Crippen molar-refractivity contribution in [3.05, 3.63) is 41.1 Å². The molecule has 0 bridgehead atoms. The normalized spacial score (nSPS) is 8.76. The van der Waals surface area contributed by atoms with Crippen molar-refractivity contribution in [3.8, 4) is 12.1 Å². The molecule has 1 aromatic rings. The van der Waals surface area contributed by atoms with Crippen molar-refractivity contribution >= 4 is 17.6 Å². The summed E-state index contributed by atoms with van der Waals surface area (Å²) in [7, 11) is 2.42. The number of nitrogens with zero attached hydrogens (tertiary/aromatic N) is 2. The number of hydrogen-bond acceptors (Lipinski definition) is 7. The molecule has 1 N–H and O–H groups in total. The second-order valence-electron chi connectivity index (χ2n) is 3.71. The number of rotatable bonds is 4. The Morgan fingerprint density at radius 1 is 1.05 bits per heavy atom. The molecule has 21 heavy (non-hydrogen) atoms. The number of ether oxygens (including phenoxy) is 2. The highest BCUT2D eigenvalue weighted by Gasteiger charge is 2.13. The van der Waals surface area contributed by atoms with E-state index in [0.717, 1.165) is 6.20 Å². The fourth-order valence-electron chi connectivity index (χ4n) is 1.43. The Morgan fingerprint density at radius 2 is 1.52 bits per heavy atom. The number of methoxy groups -OCH3 is 2. The van der Waals surface area contributed by atoms with Gasteiger partial charge in [-0.05, 0) is 18.2 Å². The fraction of sp³-hybridized carbons (Fsp3) is 0.143. The number of nitriles is 2. The molecule has 0 spiro atoms. The minimum absolute atomic E-state index is 0.131. The average Bonchev–Trinajstić information content (AvgIpc) is 2.53. The molecule has 0 unspecified atom stereocenters. The minimum Gasteiger partial charge on any atom is -0.465 e. The van der Waals surface area contributed by atoms with Gasteiger partial charge >= 0.3 is 11.9 Å². The van der Waals surface area contributed by atoms with Gasteiger partial charge in [-0.3, -0.25) is 0 Å². The lowest BCUT2D eigenvalue weighted by Crippen LogP contribution is -2.07. The van der Waals surface area contributed by atoms with E-state index in [0.29, 0.717) is 5.69 Å². The van der Waals surface area contributed by atoms with Crippen LogP contribution < -0.4 is 5.32 Å². The number of allylic oxidation sites excluding steroid dienone is 1. The molecule has 0 aromatic heterocycles. The Bertz CT molecular complexity index is 630. The Hall–Kier alpha value is -3.32. The Kier molecular flexibility index (Phi) is 5.48. The zero-order valence-electron chi connectivity index (χ0n) is 11.3. The maximum atomic E-state index is 11.6. The van der Waals surface area contributed by atoms with Gasteiger partial charge in [0.25, 0.3) is 0 Å². The van der Waals surface area contributed by atoms with Gasteiger partial charge in [0, 0.05) is 11.9 Å². The maximum Gasteiger partial charge on any atom is 0.337 e. The van der Waals surface area contributed by atoms with Crippen molar-refractivity contribution < 1.29 is 19.1 Å². The van der Waals surface area contributed by atoms with Crippen molar-refractivity contribution in [2.45, 2.75) is 0 Å². The monoisotopic (exact) mass is 285 g/mol. The van der Waals surface area contributed by atoms with E-state index in [1.807, 2.05) is 0 Å². The summed E-state index contributed by atoms with van der Waals surface area (Å²) in [5, 5.41) is 19.9. The van der Waals surface area contributed by atoms with Crippen LogP contribution in [0.4, 0.5) is 5.69 Å². The van der Waals surface area contributed by atoms with Crippen LogP contribution in [0.3, 0.4) is 0 Å². The van der Waals surface area contributed by atoms with E-state index in [1.54, 1.807) is 12.1 Å². The summed E-state index contributed by atoms with van der Waals surface area (Å²) >= 11 is 0. The quantitative estimate of drug-likeness (QED) is 0.660. The van der Waals surface area contributed by atoms with Gasteiger partial charge in [0.1, 0.15) is 17.7 Å². The summed E-state index contributed by atoms with van der Waals surface area (Å²) in [5.74, 6) is -1.26. The summed E-state index contributed by atoms with van der Waals surface area (Å²) in [5.41, 5.74) is 0.443. The highest BCUT2D eigenvalue weighted by Crippen LogP contribution is 2.17.